The van der Waals surface area contributed by atoms with Crippen molar-refractivity contribution in [3.05, 3.63) is 28.5 Å². The lowest BCUT2D eigenvalue weighted by atomic mass is 9.97. The highest BCUT2D eigenvalue weighted by Gasteiger charge is 2.40. The summed E-state index contributed by atoms with van der Waals surface area (Å²) in [6.45, 7) is 8.41. The molecule has 2 rings (SSSR count). The van der Waals surface area contributed by atoms with Crippen LogP contribution in [0.2, 0.25) is 5.15 Å². The number of rotatable bonds is 2. The van der Waals surface area contributed by atoms with Crippen LogP contribution in [0.5, 0.6) is 0 Å². The molecule has 1 fully saturated rings. The van der Waals surface area contributed by atoms with E-state index in [0.29, 0.717) is 23.8 Å². The van der Waals surface area contributed by atoms with Gasteiger partial charge in [-0.15, -0.1) is 0 Å². The molecule has 1 aromatic rings. The third-order valence-corrected chi connectivity index (χ3v) is 3.94. The molecule has 1 N–H and O–H groups in total. The molecule has 21 heavy (non-hydrogen) atoms. The first kappa shape index (κ1) is 15.8. The molecule has 0 radical (unpaired) electrons. The number of aromatic nitrogens is 1. The predicted molar refractivity (Wildman–Crippen MR) is 81.5 cm³/mol. The Labute approximate surface area is 129 Å². The lowest BCUT2D eigenvalue weighted by molar-refractivity contribution is -0.133. The monoisotopic (exact) mass is 309 g/mol. The van der Waals surface area contributed by atoms with Gasteiger partial charge in [0.25, 0.3) is 5.91 Å². The molecule has 1 saturated heterocycles. The highest BCUT2D eigenvalue weighted by molar-refractivity contribution is 6.29. The maximum Gasteiger partial charge on any atom is 0.254 e. The Morgan fingerprint density at radius 1 is 1.43 bits per heavy atom. The number of hydrogen-bond acceptors (Lipinski definition) is 3. The molecule has 2 amide bonds. The van der Waals surface area contributed by atoms with Crippen LogP contribution in [0.25, 0.3) is 0 Å². The molecule has 1 aromatic heterocycles. The first-order valence-corrected chi connectivity index (χ1v) is 7.39. The van der Waals surface area contributed by atoms with Gasteiger partial charge in [0.2, 0.25) is 5.91 Å². The maximum absolute atomic E-state index is 12.7. The summed E-state index contributed by atoms with van der Waals surface area (Å²) in [5, 5.41) is 3.07. The zero-order chi connectivity index (χ0) is 15.8. The smallest absolute Gasteiger partial charge is 0.254 e. The van der Waals surface area contributed by atoms with E-state index in [2.05, 4.69) is 10.3 Å². The zero-order valence-corrected chi connectivity index (χ0v) is 13.5. The van der Waals surface area contributed by atoms with E-state index in [1.807, 2.05) is 13.8 Å². The van der Waals surface area contributed by atoms with Crippen molar-refractivity contribution in [3.63, 3.8) is 0 Å². The number of nitrogens with one attached hydrogen (secondary N) is 1. The van der Waals surface area contributed by atoms with Gasteiger partial charge in [0.15, 0.2) is 0 Å². The van der Waals surface area contributed by atoms with Crippen molar-refractivity contribution in [2.75, 3.05) is 13.1 Å². The second-order valence-corrected chi connectivity index (χ2v) is 6.42. The molecule has 6 heteroatoms. The summed E-state index contributed by atoms with van der Waals surface area (Å²) < 4.78 is 0. The number of halogens is 1. The standard InChI is InChI=1S/C15H20ClN3O2/c1-9(2)11-7-10(8-12(16)18-11)13(20)19-6-5-17-14(21)15(19,3)4/h7-9H,5-6H2,1-4H3,(H,17,21). The van der Waals surface area contributed by atoms with Crippen molar-refractivity contribution in [3.8, 4) is 0 Å². The van der Waals surface area contributed by atoms with Crippen LogP contribution in [0, 0.1) is 0 Å². The Bertz CT molecular complexity index is 584. The molecule has 0 atom stereocenters. The van der Waals surface area contributed by atoms with E-state index in [-0.39, 0.29) is 17.7 Å². The summed E-state index contributed by atoms with van der Waals surface area (Å²) in [5.41, 5.74) is 0.370. The molecule has 0 bridgehead atoms. The summed E-state index contributed by atoms with van der Waals surface area (Å²) >= 11 is 6.02. The number of carbonyl (C=O) groups is 2. The average Bonchev–Trinajstić information content (AvgIpc) is 2.40. The van der Waals surface area contributed by atoms with Gasteiger partial charge in [-0.1, -0.05) is 25.4 Å². The van der Waals surface area contributed by atoms with Crippen LogP contribution in [0.4, 0.5) is 0 Å². The molecular formula is C15H20ClN3O2. The van der Waals surface area contributed by atoms with Gasteiger partial charge in [0, 0.05) is 24.3 Å². The molecule has 5 nitrogen and oxygen atoms in total. The Morgan fingerprint density at radius 3 is 2.71 bits per heavy atom. The van der Waals surface area contributed by atoms with Crippen LogP contribution < -0.4 is 5.32 Å². The fourth-order valence-electron chi connectivity index (χ4n) is 2.35. The van der Waals surface area contributed by atoms with E-state index in [1.165, 1.54) is 0 Å². The summed E-state index contributed by atoms with van der Waals surface area (Å²) in [6.07, 6.45) is 0. The first-order chi connectivity index (χ1) is 9.73. The predicted octanol–water partition coefficient (Wildman–Crippen LogP) is 2.21. The first-order valence-electron chi connectivity index (χ1n) is 7.01. The third kappa shape index (κ3) is 3.02. The quantitative estimate of drug-likeness (QED) is 0.852. The normalized spacial score (nSPS) is 17.8. The second kappa shape index (κ2) is 5.64. The third-order valence-electron chi connectivity index (χ3n) is 3.75. The Balaban J connectivity index is 2.38. The van der Waals surface area contributed by atoms with Crippen molar-refractivity contribution in [1.29, 1.82) is 0 Å². The van der Waals surface area contributed by atoms with Crippen molar-refractivity contribution in [1.82, 2.24) is 15.2 Å². The molecule has 114 valence electrons. The molecule has 1 aliphatic rings. The van der Waals surface area contributed by atoms with Gasteiger partial charge >= 0.3 is 0 Å². The van der Waals surface area contributed by atoms with E-state index >= 15 is 0 Å². The summed E-state index contributed by atoms with van der Waals surface area (Å²) in [4.78, 5) is 30.5. The summed E-state index contributed by atoms with van der Waals surface area (Å²) in [6, 6.07) is 3.31. The van der Waals surface area contributed by atoms with Crippen LogP contribution >= 0.6 is 11.6 Å². The topological polar surface area (TPSA) is 62.3 Å². The zero-order valence-electron chi connectivity index (χ0n) is 12.7. The Hall–Kier alpha value is -1.62. The minimum Gasteiger partial charge on any atom is -0.352 e. The minimum atomic E-state index is -0.872. The SMILES string of the molecule is CC(C)c1cc(C(=O)N2CCNC(=O)C2(C)C)cc(Cl)n1. The van der Waals surface area contributed by atoms with Gasteiger partial charge in [-0.25, -0.2) is 4.98 Å². The Kier molecular flexibility index (Phi) is 4.23. The molecule has 0 aliphatic carbocycles. The number of pyridine rings is 1. The largest absolute Gasteiger partial charge is 0.352 e. The van der Waals surface area contributed by atoms with Crippen LogP contribution in [0.1, 0.15) is 49.7 Å². The second-order valence-electron chi connectivity index (χ2n) is 6.03. The Morgan fingerprint density at radius 2 is 2.10 bits per heavy atom. The lowest BCUT2D eigenvalue weighted by Gasteiger charge is -2.41. The molecule has 1 aliphatic heterocycles. The molecule has 0 unspecified atom stereocenters. The molecule has 0 aromatic carbocycles. The lowest BCUT2D eigenvalue weighted by Crippen LogP contribution is -2.63. The highest BCUT2D eigenvalue weighted by atomic mass is 35.5. The van der Waals surface area contributed by atoms with Gasteiger partial charge < -0.3 is 10.2 Å². The molecule has 2 heterocycles. The maximum atomic E-state index is 12.7. The number of carbonyl (C=O) groups excluding carboxylic acids is 2. The van der Waals surface area contributed by atoms with Crippen molar-refractivity contribution in [2.24, 2.45) is 0 Å². The van der Waals surface area contributed by atoms with E-state index < -0.39 is 5.54 Å². The minimum absolute atomic E-state index is 0.147. The average molecular weight is 310 g/mol. The van der Waals surface area contributed by atoms with E-state index in [0.717, 1.165) is 5.69 Å². The van der Waals surface area contributed by atoms with Crippen LogP contribution in [-0.2, 0) is 4.79 Å². The van der Waals surface area contributed by atoms with Crippen LogP contribution in [0.15, 0.2) is 12.1 Å². The van der Waals surface area contributed by atoms with Gasteiger partial charge in [-0.2, -0.15) is 0 Å². The number of piperazine rings is 1. The van der Waals surface area contributed by atoms with E-state index in [4.69, 9.17) is 11.6 Å². The molecule has 0 spiro atoms. The fourth-order valence-corrected chi connectivity index (χ4v) is 2.56. The van der Waals surface area contributed by atoms with Crippen molar-refractivity contribution < 1.29 is 9.59 Å². The van der Waals surface area contributed by atoms with Crippen molar-refractivity contribution >= 4 is 23.4 Å². The van der Waals surface area contributed by atoms with E-state index in [9.17, 15) is 9.59 Å². The van der Waals surface area contributed by atoms with Crippen molar-refractivity contribution in [2.45, 2.75) is 39.2 Å². The van der Waals surface area contributed by atoms with E-state index in [1.54, 1.807) is 30.9 Å². The summed E-state index contributed by atoms with van der Waals surface area (Å²) in [7, 11) is 0. The van der Waals surface area contributed by atoms with Gasteiger partial charge in [0.1, 0.15) is 10.7 Å². The number of nitrogens with zero attached hydrogens (tertiary/aromatic N) is 2. The fraction of sp³-hybridized carbons (Fsp3) is 0.533. The number of hydrogen-bond donors (Lipinski definition) is 1. The van der Waals surface area contributed by atoms with Gasteiger partial charge in [0.05, 0.1) is 0 Å². The molecule has 0 saturated carbocycles. The summed E-state index contributed by atoms with van der Waals surface area (Å²) in [5.74, 6) is -0.166. The van der Waals surface area contributed by atoms with Crippen LogP contribution in [0.3, 0.4) is 0 Å². The van der Waals surface area contributed by atoms with Gasteiger partial charge in [-0.3, -0.25) is 9.59 Å². The number of amides is 2. The van der Waals surface area contributed by atoms with Crippen LogP contribution in [-0.4, -0.2) is 40.3 Å². The molecular weight excluding hydrogens is 290 g/mol. The highest BCUT2D eigenvalue weighted by Crippen LogP contribution is 2.23. The van der Waals surface area contributed by atoms with Gasteiger partial charge in [-0.05, 0) is 31.9 Å².